The minimum Gasteiger partial charge on any atom is -0.480 e. The van der Waals surface area contributed by atoms with Crippen molar-refractivity contribution in [2.75, 3.05) is 19.8 Å². The van der Waals surface area contributed by atoms with Crippen molar-refractivity contribution in [2.45, 2.75) is 24.7 Å². The molecule has 1 amide bonds. The molecule has 0 saturated heterocycles. The average molecular weight is 313 g/mol. The molecule has 1 aromatic rings. The maximum atomic E-state index is 13.9. The fourth-order valence-electron chi connectivity index (χ4n) is 2.59. The van der Waals surface area contributed by atoms with Gasteiger partial charge in [-0.1, -0.05) is 12.5 Å². The molecule has 0 heterocycles. The quantitative estimate of drug-likeness (QED) is 0.750. The summed E-state index contributed by atoms with van der Waals surface area (Å²) in [6, 6.07) is 3.23. The van der Waals surface area contributed by atoms with E-state index in [0.29, 0.717) is 12.8 Å². The summed E-state index contributed by atoms with van der Waals surface area (Å²) in [4.78, 5) is 22.6. The monoisotopic (exact) mass is 313 g/mol. The van der Waals surface area contributed by atoms with Gasteiger partial charge in [-0.25, -0.2) is 13.6 Å². The van der Waals surface area contributed by atoms with Gasteiger partial charge in [0.2, 0.25) is 5.91 Å². The largest absolute Gasteiger partial charge is 0.480 e. The van der Waals surface area contributed by atoms with Crippen molar-refractivity contribution in [3.63, 3.8) is 0 Å². The topological polar surface area (TPSA) is 75.6 Å². The van der Waals surface area contributed by atoms with Crippen LogP contribution in [0.5, 0.6) is 0 Å². The van der Waals surface area contributed by atoms with E-state index in [4.69, 9.17) is 9.84 Å². The Hall–Kier alpha value is -2.02. The van der Waals surface area contributed by atoms with Crippen molar-refractivity contribution in [2.24, 2.45) is 0 Å². The van der Waals surface area contributed by atoms with Gasteiger partial charge >= 0.3 is 5.97 Å². The smallest absolute Gasteiger partial charge is 0.329 e. The SMILES string of the molecule is O=C(O)COCCNC(=O)C1(c2ccc(F)cc2F)CCC1. The lowest BCUT2D eigenvalue weighted by molar-refractivity contribution is -0.142. The predicted octanol–water partition coefficient (Wildman–Crippen LogP) is 1.60. The van der Waals surface area contributed by atoms with Crippen molar-refractivity contribution in [1.29, 1.82) is 0 Å². The summed E-state index contributed by atoms with van der Waals surface area (Å²) in [5, 5.41) is 11.0. The third-order valence-electron chi connectivity index (χ3n) is 3.85. The molecule has 120 valence electrons. The maximum Gasteiger partial charge on any atom is 0.329 e. The Balaban J connectivity index is 1.98. The van der Waals surface area contributed by atoms with Crippen LogP contribution in [0.25, 0.3) is 0 Å². The standard InChI is InChI=1S/C15H17F2NO4/c16-10-2-3-11(12(17)8-10)15(4-1-5-15)14(21)18-6-7-22-9-13(19)20/h2-3,8H,1,4-7,9H2,(H,18,21)(H,19,20). The molecule has 22 heavy (non-hydrogen) atoms. The second-order valence-corrected chi connectivity index (χ2v) is 5.26. The first-order valence-corrected chi connectivity index (χ1v) is 6.99. The maximum absolute atomic E-state index is 13.9. The van der Waals surface area contributed by atoms with Crippen LogP contribution in [0.15, 0.2) is 18.2 Å². The zero-order chi connectivity index (χ0) is 16.2. The molecule has 0 spiro atoms. The summed E-state index contributed by atoms with van der Waals surface area (Å²) in [5.74, 6) is -2.84. The van der Waals surface area contributed by atoms with Crippen LogP contribution in [-0.2, 0) is 19.7 Å². The molecular weight excluding hydrogens is 296 g/mol. The third-order valence-corrected chi connectivity index (χ3v) is 3.85. The number of carbonyl (C=O) groups is 2. The minimum absolute atomic E-state index is 0.0556. The number of carboxylic acids is 1. The number of aliphatic carboxylic acids is 1. The van der Waals surface area contributed by atoms with E-state index in [0.717, 1.165) is 18.6 Å². The average Bonchev–Trinajstić information content (AvgIpc) is 2.39. The molecule has 0 aromatic heterocycles. The molecule has 1 aromatic carbocycles. The van der Waals surface area contributed by atoms with Crippen molar-refractivity contribution in [3.05, 3.63) is 35.4 Å². The molecule has 7 heteroatoms. The lowest BCUT2D eigenvalue weighted by atomic mass is 9.63. The van der Waals surface area contributed by atoms with Gasteiger partial charge in [0.15, 0.2) is 0 Å². The number of halogens is 2. The highest BCUT2D eigenvalue weighted by Gasteiger charge is 2.47. The summed E-state index contributed by atoms with van der Waals surface area (Å²) < 4.78 is 31.8. The first-order valence-electron chi connectivity index (χ1n) is 6.99. The van der Waals surface area contributed by atoms with E-state index >= 15 is 0 Å². The Morgan fingerprint density at radius 3 is 2.59 bits per heavy atom. The van der Waals surface area contributed by atoms with Crippen LogP contribution >= 0.6 is 0 Å². The number of hydrogen-bond donors (Lipinski definition) is 2. The Morgan fingerprint density at radius 2 is 2.05 bits per heavy atom. The summed E-state index contributed by atoms with van der Waals surface area (Å²) in [6.07, 6.45) is 1.79. The summed E-state index contributed by atoms with van der Waals surface area (Å²) in [5.41, 5.74) is -0.769. The number of hydrogen-bond acceptors (Lipinski definition) is 3. The molecule has 2 N–H and O–H groups in total. The van der Waals surface area contributed by atoms with Crippen LogP contribution in [0.4, 0.5) is 8.78 Å². The van der Waals surface area contributed by atoms with E-state index in [1.165, 1.54) is 6.07 Å². The summed E-state index contributed by atoms with van der Waals surface area (Å²) in [6.45, 7) is -0.246. The normalized spacial score (nSPS) is 15.9. The lowest BCUT2D eigenvalue weighted by Gasteiger charge is -2.40. The summed E-state index contributed by atoms with van der Waals surface area (Å²) >= 11 is 0. The predicted molar refractivity (Wildman–Crippen MR) is 73.4 cm³/mol. The molecule has 2 rings (SSSR count). The van der Waals surface area contributed by atoms with Crippen LogP contribution in [0.3, 0.4) is 0 Å². The molecular formula is C15H17F2NO4. The summed E-state index contributed by atoms with van der Waals surface area (Å²) in [7, 11) is 0. The molecule has 0 bridgehead atoms. The van der Waals surface area contributed by atoms with Gasteiger partial charge in [0.05, 0.1) is 12.0 Å². The number of nitrogens with one attached hydrogen (secondary N) is 1. The van der Waals surface area contributed by atoms with E-state index in [9.17, 15) is 18.4 Å². The molecule has 0 atom stereocenters. The highest BCUT2D eigenvalue weighted by atomic mass is 19.1. The van der Waals surface area contributed by atoms with E-state index in [2.05, 4.69) is 5.32 Å². The highest BCUT2D eigenvalue weighted by molar-refractivity contribution is 5.89. The van der Waals surface area contributed by atoms with E-state index in [1.54, 1.807) is 0 Å². The number of benzene rings is 1. The van der Waals surface area contributed by atoms with Crippen molar-refractivity contribution >= 4 is 11.9 Å². The number of rotatable bonds is 7. The van der Waals surface area contributed by atoms with Crippen LogP contribution in [0.2, 0.25) is 0 Å². The number of carboxylic acid groups (broad SMARTS) is 1. The van der Waals surface area contributed by atoms with Crippen LogP contribution in [-0.4, -0.2) is 36.7 Å². The highest BCUT2D eigenvalue weighted by Crippen LogP contribution is 2.45. The zero-order valence-electron chi connectivity index (χ0n) is 11.9. The van der Waals surface area contributed by atoms with Gasteiger partial charge in [-0.15, -0.1) is 0 Å². The molecule has 0 radical (unpaired) electrons. The van der Waals surface area contributed by atoms with Crippen molar-refractivity contribution < 1.29 is 28.2 Å². The van der Waals surface area contributed by atoms with E-state index in [-0.39, 0.29) is 24.6 Å². The van der Waals surface area contributed by atoms with Gasteiger partial charge in [-0.05, 0) is 18.9 Å². The molecule has 5 nitrogen and oxygen atoms in total. The molecule has 1 saturated carbocycles. The number of carbonyl (C=O) groups excluding carboxylic acids is 1. The van der Waals surface area contributed by atoms with E-state index < -0.39 is 29.6 Å². The second-order valence-electron chi connectivity index (χ2n) is 5.26. The van der Waals surface area contributed by atoms with Crippen molar-refractivity contribution in [3.8, 4) is 0 Å². The van der Waals surface area contributed by atoms with Gasteiger partial charge in [0.1, 0.15) is 18.2 Å². The zero-order valence-corrected chi connectivity index (χ0v) is 11.9. The third kappa shape index (κ3) is 3.41. The van der Waals surface area contributed by atoms with Crippen LogP contribution in [0, 0.1) is 11.6 Å². The van der Waals surface area contributed by atoms with Gasteiger partial charge in [-0.3, -0.25) is 4.79 Å². The van der Waals surface area contributed by atoms with Crippen molar-refractivity contribution in [1.82, 2.24) is 5.32 Å². The van der Waals surface area contributed by atoms with Crippen LogP contribution in [0.1, 0.15) is 24.8 Å². The molecule has 1 aliphatic rings. The number of amides is 1. The first kappa shape index (κ1) is 16.4. The Labute approximate surface area is 126 Å². The molecule has 1 fully saturated rings. The first-order chi connectivity index (χ1) is 10.5. The minimum atomic E-state index is -1.09. The fraction of sp³-hybridized carbons (Fsp3) is 0.467. The Kier molecular flexibility index (Phi) is 5.07. The lowest BCUT2D eigenvalue weighted by Crippen LogP contribution is -2.50. The Bertz CT molecular complexity index is 573. The van der Waals surface area contributed by atoms with Crippen LogP contribution < -0.4 is 5.32 Å². The van der Waals surface area contributed by atoms with Gasteiger partial charge in [-0.2, -0.15) is 0 Å². The molecule has 0 unspecified atom stereocenters. The number of ether oxygens (including phenoxy) is 1. The second kappa shape index (κ2) is 6.83. The van der Waals surface area contributed by atoms with Gasteiger partial charge < -0.3 is 15.2 Å². The molecule has 1 aliphatic carbocycles. The molecule has 0 aliphatic heterocycles. The van der Waals surface area contributed by atoms with Gasteiger partial charge in [0, 0.05) is 18.2 Å². The van der Waals surface area contributed by atoms with Gasteiger partial charge in [0.25, 0.3) is 0 Å². The Morgan fingerprint density at radius 1 is 1.32 bits per heavy atom. The fourth-order valence-corrected chi connectivity index (χ4v) is 2.59. The van der Waals surface area contributed by atoms with E-state index in [1.807, 2.05) is 0 Å².